The molecule has 1 aromatic rings. The molecule has 0 radical (unpaired) electrons. The number of hydrogen-bond donors (Lipinski definition) is 0. The SMILES string of the molecule is COc1cc(I)c(OC2CCCCO2)cn1. The van der Waals surface area contributed by atoms with Crippen molar-refractivity contribution < 1.29 is 14.2 Å². The van der Waals surface area contributed by atoms with E-state index in [1.54, 1.807) is 13.3 Å². The minimum atomic E-state index is -0.127. The highest BCUT2D eigenvalue weighted by Crippen LogP contribution is 2.26. The van der Waals surface area contributed by atoms with Gasteiger partial charge in [0.25, 0.3) is 0 Å². The molecular formula is C11H14INO3. The van der Waals surface area contributed by atoms with Crippen molar-refractivity contribution in [1.29, 1.82) is 0 Å². The molecule has 1 saturated heterocycles. The molecule has 0 bridgehead atoms. The molecular weight excluding hydrogens is 321 g/mol. The van der Waals surface area contributed by atoms with E-state index in [2.05, 4.69) is 27.6 Å². The fourth-order valence-electron chi connectivity index (χ4n) is 1.54. The molecule has 1 fully saturated rings. The van der Waals surface area contributed by atoms with Gasteiger partial charge in [0.2, 0.25) is 5.88 Å². The van der Waals surface area contributed by atoms with Gasteiger partial charge in [0, 0.05) is 12.5 Å². The smallest absolute Gasteiger partial charge is 0.214 e. The maximum absolute atomic E-state index is 5.74. The van der Waals surface area contributed by atoms with Crippen LogP contribution in [0.2, 0.25) is 0 Å². The van der Waals surface area contributed by atoms with Gasteiger partial charge in [-0.05, 0) is 35.4 Å². The van der Waals surface area contributed by atoms with Crippen LogP contribution in [0, 0.1) is 3.57 Å². The Morgan fingerprint density at radius 1 is 1.50 bits per heavy atom. The topological polar surface area (TPSA) is 40.6 Å². The molecule has 0 spiro atoms. The Bertz CT molecular complexity index is 353. The van der Waals surface area contributed by atoms with Crippen LogP contribution in [-0.2, 0) is 4.74 Å². The van der Waals surface area contributed by atoms with Crippen LogP contribution in [0.5, 0.6) is 11.6 Å². The fourth-order valence-corrected chi connectivity index (χ4v) is 2.08. The van der Waals surface area contributed by atoms with Gasteiger partial charge in [-0.25, -0.2) is 4.98 Å². The van der Waals surface area contributed by atoms with Crippen molar-refractivity contribution >= 4 is 22.6 Å². The second-order valence-electron chi connectivity index (χ2n) is 3.57. The lowest BCUT2D eigenvalue weighted by molar-refractivity contribution is -0.106. The number of pyridine rings is 1. The van der Waals surface area contributed by atoms with Crippen LogP contribution in [0.4, 0.5) is 0 Å². The number of rotatable bonds is 3. The first-order valence-corrected chi connectivity index (χ1v) is 6.35. The Morgan fingerprint density at radius 2 is 2.38 bits per heavy atom. The quantitative estimate of drug-likeness (QED) is 0.797. The zero-order chi connectivity index (χ0) is 11.4. The van der Waals surface area contributed by atoms with Crippen molar-refractivity contribution in [2.24, 2.45) is 0 Å². The van der Waals surface area contributed by atoms with Gasteiger partial charge in [-0.15, -0.1) is 0 Å². The molecule has 1 aromatic heterocycles. The van der Waals surface area contributed by atoms with E-state index < -0.39 is 0 Å². The number of aromatic nitrogens is 1. The van der Waals surface area contributed by atoms with E-state index in [0.717, 1.165) is 35.2 Å². The van der Waals surface area contributed by atoms with Crippen LogP contribution in [0.15, 0.2) is 12.3 Å². The van der Waals surface area contributed by atoms with Gasteiger partial charge < -0.3 is 14.2 Å². The summed E-state index contributed by atoms with van der Waals surface area (Å²) in [6.07, 6.45) is 4.78. The molecule has 1 aliphatic rings. The van der Waals surface area contributed by atoms with Crippen LogP contribution in [0.1, 0.15) is 19.3 Å². The van der Waals surface area contributed by atoms with Crippen molar-refractivity contribution in [3.8, 4) is 11.6 Å². The summed E-state index contributed by atoms with van der Waals surface area (Å²) in [6, 6.07) is 1.85. The highest BCUT2D eigenvalue weighted by molar-refractivity contribution is 14.1. The molecule has 0 N–H and O–H groups in total. The van der Waals surface area contributed by atoms with E-state index in [0.29, 0.717) is 5.88 Å². The van der Waals surface area contributed by atoms with E-state index >= 15 is 0 Å². The van der Waals surface area contributed by atoms with Gasteiger partial charge in [-0.2, -0.15) is 0 Å². The van der Waals surface area contributed by atoms with E-state index in [1.165, 1.54) is 0 Å². The lowest BCUT2D eigenvalue weighted by atomic mass is 10.2. The van der Waals surface area contributed by atoms with Gasteiger partial charge in [-0.3, -0.25) is 0 Å². The Morgan fingerprint density at radius 3 is 3.00 bits per heavy atom. The molecule has 16 heavy (non-hydrogen) atoms. The summed E-state index contributed by atoms with van der Waals surface area (Å²) < 4.78 is 17.3. The largest absolute Gasteiger partial charge is 0.481 e. The zero-order valence-corrected chi connectivity index (χ0v) is 11.3. The molecule has 0 amide bonds. The normalized spacial score (nSPS) is 20.5. The first kappa shape index (κ1) is 11.9. The molecule has 1 aliphatic heterocycles. The Kier molecular flexibility index (Phi) is 4.22. The van der Waals surface area contributed by atoms with Gasteiger partial charge in [0.1, 0.15) is 0 Å². The van der Waals surface area contributed by atoms with E-state index in [-0.39, 0.29) is 6.29 Å². The van der Waals surface area contributed by atoms with E-state index in [9.17, 15) is 0 Å². The summed E-state index contributed by atoms with van der Waals surface area (Å²) in [5, 5.41) is 0. The minimum Gasteiger partial charge on any atom is -0.481 e. The first-order chi connectivity index (χ1) is 7.79. The molecule has 1 unspecified atom stereocenters. The van der Waals surface area contributed by atoms with Gasteiger partial charge >= 0.3 is 0 Å². The second-order valence-corrected chi connectivity index (χ2v) is 4.73. The lowest BCUT2D eigenvalue weighted by Gasteiger charge is -2.23. The average Bonchev–Trinajstić information content (AvgIpc) is 2.33. The van der Waals surface area contributed by atoms with Crippen LogP contribution in [0.3, 0.4) is 0 Å². The molecule has 2 rings (SSSR count). The van der Waals surface area contributed by atoms with Gasteiger partial charge in [-0.1, -0.05) is 0 Å². The fraction of sp³-hybridized carbons (Fsp3) is 0.545. The Hall–Kier alpha value is -0.560. The average molecular weight is 335 g/mol. The Balaban J connectivity index is 2.03. The number of methoxy groups -OCH3 is 1. The summed E-state index contributed by atoms with van der Waals surface area (Å²) in [5.41, 5.74) is 0. The maximum atomic E-state index is 5.74. The van der Waals surface area contributed by atoms with E-state index in [1.807, 2.05) is 6.07 Å². The molecule has 1 atom stereocenters. The molecule has 88 valence electrons. The standard InChI is InChI=1S/C11H14INO3/c1-14-10-6-8(12)9(7-13-10)16-11-4-2-3-5-15-11/h6-7,11H,2-5H2,1H3. The van der Waals surface area contributed by atoms with E-state index in [4.69, 9.17) is 14.2 Å². The number of nitrogens with zero attached hydrogens (tertiary/aromatic N) is 1. The third-order valence-electron chi connectivity index (χ3n) is 2.40. The van der Waals surface area contributed by atoms with Crippen molar-refractivity contribution in [3.05, 3.63) is 15.8 Å². The summed E-state index contributed by atoms with van der Waals surface area (Å²) in [7, 11) is 1.60. The molecule has 2 heterocycles. The molecule has 0 saturated carbocycles. The summed E-state index contributed by atoms with van der Waals surface area (Å²) in [5.74, 6) is 1.36. The number of halogens is 1. The highest BCUT2D eigenvalue weighted by atomic mass is 127. The van der Waals surface area contributed by atoms with Gasteiger partial charge in [0.05, 0.1) is 23.5 Å². The Labute approximate surface area is 108 Å². The van der Waals surface area contributed by atoms with Gasteiger partial charge in [0.15, 0.2) is 12.0 Å². The summed E-state index contributed by atoms with van der Waals surface area (Å²) in [4.78, 5) is 4.12. The van der Waals surface area contributed by atoms with Crippen molar-refractivity contribution in [2.45, 2.75) is 25.6 Å². The third-order valence-corrected chi connectivity index (χ3v) is 3.24. The summed E-state index contributed by atoms with van der Waals surface area (Å²) in [6.45, 7) is 0.783. The number of hydrogen-bond acceptors (Lipinski definition) is 4. The molecule has 4 nitrogen and oxygen atoms in total. The van der Waals surface area contributed by atoms with Crippen molar-refractivity contribution in [1.82, 2.24) is 4.98 Å². The van der Waals surface area contributed by atoms with Crippen LogP contribution < -0.4 is 9.47 Å². The highest BCUT2D eigenvalue weighted by Gasteiger charge is 2.16. The first-order valence-electron chi connectivity index (χ1n) is 5.27. The van der Waals surface area contributed by atoms with Crippen LogP contribution >= 0.6 is 22.6 Å². The van der Waals surface area contributed by atoms with Crippen molar-refractivity contribution in [3.63, 3.8) is 0 Å². The lowest BCUT2D eigenvalue weighted by Crippen LogP contribution is -2.25. The third kappa shape index (κ3) is 2.98. The summed E-state index contributed by atoms with van der Waals surface area (Å²) >= 11 is 2.20. The second kappa shape index (κ2) is 5.67. The monoisotopic (exact) mass is 335 g/mol. The molecule has 5 heteroatoms. The maximum Gasteiger partial charge on any atom is 0.214 e. The minimum absolute atomic E-state index is 0.127. The molecule has 0 aliphatic carbocycles. The molecule has 0 aromatic carbocycles. The van der Waals surface area contributed by atoms with Crippen LogP contribution in [0.25, 0.3) is 0 Å². The predicted molar refractivity (Wildman–Crippen MR) is 67.7 cm³/mol. The van der Waals surface area contributed by atoms with Crippen molar-refractivity contribution in [2.75, 3.05) is 13.7 Å². The zero-order valence-electron chi connectivity index (χ0n) is 9.11. The predicted octanol–water partition coefficient (Wildman–Crippen LogP) is 2.60. The van der Waals surface area contributed by atoms with Crippen LogP contribution in [-0.4, -0.2) is 25.0 Å². The number of ether oxygens (including phenoxy) is 3.